The van der Waals surface area contributed by atoms with Gasteiger partial charge in [0.05, 0.1) is 37.0 Å². The molecule has 0 spiro atoms. The van der Waals surface area contributed by atoms with Gasteiger partial charge in [-0.15, -0.1) is 0 Å². The number of hydrogen-bond acceptors (Lipinski definition) is 8. The van der Waals surface area contributed by atoms with Gasteiger partial charge in [0, 0.05) is 0 Å². The highest BCUT2D eigenvalue weighted by atomic mass is 16.4. The molecule has 1 aromatic rings. The Labute approximate surface area is 103 Å². The summed E-state index contributed by atoms with van der Waals surface area (Å²) in [6.45, 7) is -1.32. The van der Waals surface area contributed by atoms with Gasteiger partial charge in [-0.3, -0.25) is 4.98 Å². The van der Waals surface area contributed by atoms with Crippen LogP contribution in [0.1, 0.15) is 23.6 Å². The van der Waals surface area contributed by atoms with Crippen molar-refractivity contribution in [1.29, 1.82) is 0 Å². The van der Waals surface area contributed by atoms with Crippen molar-refractivity contribution in [1.82, 2.24) is 9.97 Å². The van der Waals surface area contributed by atoms with Crippen LogP contribution < -0.4 is 0 Å². The summed E-state index contributed by atoms with van der Waals surface area (Å²) >= 11 is 0. The summed E-state index contributed by atoms with van der Waals surface area (Å²) < 4.78 is 0. The zero-order valence-electron chi connectivity index (χ0n) is 9.46. The zero-order chi connectivity index (χ0) is 13.7. The second-order valence-electron chi connectivity index (χ2n) is 3.76. The van der Waals surface area contributed by atoms with Crippen LogP contribution in [0.25, 0.3) is 0 Å². The Morgan fingerprint density at radius 2 is 1.22 bits per heavy atom. The van der Waals surface area contributed by atoms with Gasteiger partial charge in [-0.1, -0.05) is 0 Å². The maximum absolute atomic E-state index is 9.59. The summed E-state index contributed by atoms with van der Waals surface area (Å²) in [4.78, 5) is 7.50. The second kappa shape index (κ2) is 6.69. The summed E-state index contributed by atoms with van der Waals surface area (Å²) in [5.41, 5.74) is -0.114. The molecule has 0 amide bonds. The summed E-state index contributed by atoms with van der Waals surface area (Å²) in [6.07, 6.45) is -3.44. The maximum atomic E-state index is 9.59. The van der Waals surface area contributed by atoms with Gasteiger partial charge in [0.25, 0.3) is 0 Å². The molecule has 1 aromatic heterocycles. The van der Waals surface area contributed by atoms with Crippen LogP contribution in [0.2, 0.25) is 0 Å². The molecule has 0 aliphatic rings. The third kappa shape index (κ3) is 3.42. The lowest BCUT2D eigenvalue weighted by atomic mass is 10.1. The number of nitrogens with zero attached hydrogens (tertiary/aromatic N) is 2. The van der Waals surface area contributed by atoms with Gasteiger partial charge < -0.3 is 30.6 Å². The van der Waals surface area contributed by atoms with Gasteiger partial charge in [-0.2, -0.15) is 0 Å². The number of aliphatic hydroxyl groups is 6. The number of hydrogen-bond donors (Lipinski definition) is 6. The van der Waals surface area contributed by atoms with E-state index in [1.165, 1.54) is 0 Å². The fraction of sp³-hybridized carbons (Fsp3) is 0.600. The highest BCUT2D eigenvalue weighted by Gasteiger charge is 2.23. The molecule has 0 unspecified atom stereocenters. The molecule has 18 heavy (non-hydrogen) atoms. The summed E-state index contributed by atoms with van der Waals surface area (Å²) in [6, 6.07) is 0. The summed E-state index contributed by atoms with van der Waals surface area (Å²) in [7, 11) is 0. The van der Waals surface area contributed by atoms with Crippen molar-refractivity contribution >= 4 is 0 Å². The molecular formula is C10H16N2O6. The molecule has 0 aliphatic carbocycles. The predicted octanol–water partition coefficient (Wildman–Crippen LogP) is -2.75. The van der Waals surface area contributed by atoms with E-state index >= 15 is 0 Å². The molecule has 0 saturated carbocycles. The third-order valence-electron chi connectivity index (χ3n) is 2.38. The number of rotatable bonds is 6. The Morgan fingerprint density at radius 3 is 1.56 bits per heavy atom. The van der Waals surface area contributed by atoms with Crippen molar-refractivity contribution in [2.24, 2.45) is 0 Å². The highest BCUT2D eigenvalue weighted by molar-refractivity contribution is 5.10. The average Bonchev–Trinajstić information content (AvgIpc) is 2.43. The van der Waals surface area contributed by atoms with E-state index in [1.807, 2.05) is 0 Å². The standard InChI is InChI=1S/C10H16N2O6/c13-3-7(15)9(17)5-1-11-2-6(12-5)10(18)8(16)4-14/h1-2,7-10,13-18H,3-4H2/t7-,8-,9+,10+/m0/s1. The van der Waals surface area contributed by atoms with E-state index in [1.54, 1.807) is 0 Å². The molecule has 6 N–H and O–H groups in total. The van der Waals surface area contributed by atoms with Crippen LogP contribution in [0.3, 0.4) is 0 Å². The van der Waals surface area contributed by atoms with Crippen molar-refractivity contribution in [2.75, 3.05) is 13.2 Å². The Hall–Kier alpha value is -1.16. The van der Waals surface area contributed by atoms with Gasteiger partial charge in [0.15, 0.2) is 0 Å². The minimum absolute atomic E-state index is 0.0572. The van der Waals surface area contributed by atoms with Gasteiger partial charge >= 0.3 is 0 Å². The Balaban J connectivity index is 2.91. The van der Waals surface area contributed by atoms with Crippen LogP contribution >= 0.6 is 0 Å². The van der Waals surface area contributed by atoms with Crippen LogP contribution in [0.15, 0.2) is 12.4 Å². The monoisotopic (exact) mass is 260 g/mol. The quantitative estimate of drug-likeness (QED) is 0.322. The topological polar surface area (TPSA) is 147 Å². The molecule has 0 aromatic carbocycles. The SMILES string of the molecule is OC[C@H](O)[C@H](O)c1cncc([C@@H](O)[C@@H](O)CO)n1. The molecular weight excluding hydrogens is 244 g/mol. The van der Waals surface area contributed by atoms with E-state index in [0.29, 0.717) is 0 Å². The second-order valence-corrected chi connectivity index (χ2v) is 3.76. The lowest BCUT2D eigenvalue weighted by molar-refractivity contribution is -0.0230. The average molecular weight is 260 g/mol. The Kier molecular flexibility index (Phi) is 5.54. The van der Waals surface area contributed by atoms with E-state index < -0.39 is 37.6 Å². The first-order chi connectivity index (χ1) is 8.51. The van der Waals surface area contributed by atoms with Gasteiger partial charge in [-0.25, -0.2) is 4.98 Å². The molecule has 8 nitrogen and oxygen atoms in total. The predicted molar refractivity (Wildman–Crippen MR) is 58.1 cm³/mol. The molecule has 0 saturated heterocycles. The number of aliphatic hydroxyl groups excluding tert-OH is 6. The van der Waals surface area contributed by atoms with Gasteiger partial charge in [0.1, 0.15) is 24.4 Å². The molecule has 1 heterocycles. The zero-order valence-corrected chi connectivity index (χ0v) is 9.46. The first-order valence-electron chi connectivity index (χ1n) is 5.27. The molecule has 0 aliphatic heterocycles. The molecule has 1 rings (SSSR count). The number of aromatic nitrogens is 2. The fourth-order valence-corrected chi connectivity index (χ4v) is 1.28. The molecule has 4 atom stereocenters. The third-order valence-corrected chi connectivity index (χ3v) is 2.38. The van der Waals surface area contributed by atoms with Crippen molar-refractivity contribution in [3.8, 4) is 0 Å². The van der Waals surface area contributed by atoms with Crippen LogP contribution in [0, 0.1) is 0 Å². The highest BCUT2D eigenvalue weighted by Crippen LogP contribution is 2.18. The van der Waals surface area contributed by atoms with E-state index in [4.69, 9.17) is 10.2 Å². The van der Waals surface area contributed by atoms with Crippen molar-refractivity contribution in [2.45, 2.75) is 24.4 Å². The first-order valence-corrected chi connectivity index (χ1v) is 5.27. The molecule has 0 radical (unpaired) electrons. The van der Waals surface area contributed by atoms with Crippen molar-refractivity contribution < 1.29 is 30.6 Å². The van der Waals surface area contributed by atoms with Crippen molar-refractivity contribution in [3.63, 3.8) is 0 Å². The van der Waals surface area contributed by atoms with Crippen LogP contribution in [0.5, 0.6) is 0 Å². The largest absolute Gasteiger partial charge is 0.394 e. The summed E-state index contributed by atoms with van der Waals surface area (Å²) in [5, 5.41) is 55.0. The summed E-state index contributed by atoms with van der Waals surface area (Å²) in [5.74, 6) is 0. The van der Waals surface area contributed by atoms with E-state index in [0.717, 1.165) is 12.4 Å². The van der Waals surface area contributed by atoms with Crippen LogP contribution in [-0.2, 0) is 0 Å². The minimum Gasteiger partial charge on any atom is -0.394 e. The van der Waals surface area contributed by atoms with E-state index in [9.17, 15) is 20.4 Å². The Bertz CT molecular complexity index is 346. The molecule has 0 fully saturated rings. The normalized spacial score (nSPS) is 18.1. The molecule has 8 heteroatoms. The van der Waals surface area contributed by atoms with E-state index in [2.05, 4.69) is 9.97 Å². The first kappa shape index (κ1) is 14.9. The Morgan fingerprint density at radius 1 is 0.833 bits per heavy atom. The van der Waals surface area contributed by atoms with Crippen LogP contribution in [-0.4, -0.2) is 66.0 Å². The fourth-order valence-electron chi connectivity index (χ4n) is 1.28. The minimum atomic E-state index is -1.46. The molecule has 102 valence electrons. The van der Waals surface area contributed by atoms with Gasteiger partial charge in [0.2, 0.25) is 0 Å². The lowest BCUT2D eigenvalue weighted by Crippen LogP contribution is -2.26. The lowest BCUT2D eigenvalue weighted by Gasteiger charge is -2.18. The van der Waals surface area contributed by atoms with Crippen molar-refractivity contribution in [3.05, 3.63) is 23.8 Å². The smallest absolute Gasteiger partial charge is 0.126 e. The van der Waals surface area contributed by atoms with Gasteiger partial charge in [-0.05, 0) is 0 Å². The van der Waals surface area contributed by atoms with E-state index in [-0.39, 0.29) is 11.4 Å². The maximum Gasteiger partial charge on any atom is 0.126 e. The molecule has 0 bridgehead atoms. The van der Waals surface area contributed by atoms with Crippen LogP contribution in [0.4, 0.5) is 0 Å².